The summed E-state index contributed by atoms with van der Waals surface area (Å²) in [5, 5.41) is 3.44. The minimum absolute atomic E-state index is 0.651. The van der Waals surface area contributed by atoms with Crippen LogP contribution in [0.5, 0.6) is 0 Å². The molecule has 0 saturated heterocycles. The van der Waals surface area contributed by atoms with Gasteiger partial charge in [0.2, 0.25) is 0 Å². The van der Waals surface area contributed by atoms with Crippen LogP contribution >= 0.6 is 0 Å². The van der Waals surface area contributed by atoms with Crippen molar-refractivity contribution in [2.75, 3.05) is 26.3 Å². The Labute approximate surface area is 109 Å². The highest BCUT2D eigenvalue weighted by atomic mass is 16.5. The standard InChI is InChI=1S/C15H33NO/c1-4-5-6-7-8-9-10-11-16-12-13-17-14-15(2)3/h15-16H,4-14H2,1-3H3. The zero-order valence-corrected chi connectivity index (χ0v) is 12.3. The molecule has 0 aromatic heterocycles. The van der Waals surface area contributed by atoms with Crippen molar-refractivity contribution in [3.8, 4) is 0 Å². The predicted molar refractivity (Wildman–Crippen MR) is 76.5 cm³/mol. The molecule has 2 nitrogen and oxygen atoms in total. The molecule has 2 heteroatoms. The number of hydrogen-bond acceptors (Lipinski definition) is 2. The number of hydrogen-bond donors (Lipinski definition) is 1. The zero-order chi connectivity index (χ0) is 12.8. The lowest BCUT2D eigenvalue weighted by Gasteiger charge is -2.07. The van der Waals surface area contributed by atoms with Gasteiger partial charge in [0.15, 0.2) is 0 Å². The van der Waals surface area contributed by atoms with Crippen LogP contribution in [0.1, 0.15) is 65.7 Å². The summed E-state index contributed by atoms with van der Waals surface area (Å²) in [6.07, 6.45) is 9.70. The summed E-state index contributed by atoms with van der Waals surface area (Å²) in [5.74, 6) is 0.651. The molecule has 0 spiro atoms. The molecule has 0 rings (SSSR count). The fourth-order valence-electron chi connectivity index (χ4n) is 1.80. The maximum Gasteiger partial charge on any atom is 0.0591 e. The highest BCUT2D eigenvalue weighted by Gasteiger charge is 1.94. The highest BCUT2D eigenvalue weighted by Crippen LogP contribution is 2.06. The largest absolute Gasteiger partial charge is 0.380 e. The highest BCUT2D eigenvalue weighted by molar-refractivity contribution is 4.50. The van der Waals surface area contributed by atoms with Gasteiger partial charge < -0.3 is 10.1 Å². The van der Waals surface area contributed by atoms with E-state index in [0.29, 0.717) is 5.92 Å². The van der Waals surface area contributed by atoms with E-state index in [1.165, 1.54) is 44.9 Å². The van der Waals surface area contributed by atoms with Gasteiger partial charge in [-0.2, -0.15) is 0 Å². The summed E-state index contributed by atoms with van der Waals surface area (Å²) in [5.41, 5.74) is 0. The van der Waals surface area contributed by atoms with Crippen molar-refractivity contribution >= 4 is 0 Å². The molecule has 1 N–H and O–H groups in total. The fourth-order valence-corrected chi connectivity index (χ4v) is 1.80. The Balaban J connectivity index is 2.89. The second-order valence-corrected chi connectivity index (χ2v) is 5.34. The number of ether oxygens (including phenoxy) is 1. The van der Waals surface area contributed by atoms with Gasteiger partial charge in [-0.15, -0.1) is 0 Å². The minimum Gasteiger partial charge on any atom is -0.380 e. The molecule has 0 saturated carbocycles. The number of rotatable bonds is 13. The van der Waals surface area contributed by atoms with Crippen LogP contribution in [0.25, 0.3) is 0 Å². The van der Waals surface area contributed by atoms with Gasteiger partial charge in [-0.3, -0.25) is 0 Å². The summed E-state index contributed by atoms with van der Waals surface area (Å²) in [7, 11) is 0. The monoisotopic (exact) mass is 243 g/mol. The van der Waals surface area contributed by atoms with E-state index in [-0.39, 0.29) is 0 Å². The van der Waals surface area contributed by atoms with Crippen molar-refractivity contribution in [3.05, 3.63) is 0 Å². The van der Waals surface area contributed by atoms with E-state index in [9.17, 15) is 0 Å². The lowest BCUT2D eigenvalue weighted by Crippen LogP contribution is -2.21. The quantitative estimate of drug-likeness (QED) is 0.494. The van der Waals surface area contributed by atoms with Crippen LogP contribution < -0.4 is 5.32 Å². The first kappa shape index (κ1) is 16.9. The third-order valence-corrected chi connectivity index (χ3v) is 2.83. The van der Waals surface area contributed by atoms with Gasteiger partial charge in [-0.1, -0.05) is 59.3 Å². The van der Waals surface area contributed by atoms with Crippen molar-refractivity contribution in [1.29, 1.82) is 0 Å². The molecule has 0 aliphatic carbocycles. The van der Waals surface area contributed by atoms with E-state index in [4.69, 9.17) is 4.74 Å². The van der Waals surface area contributed by atoms with Crippen molar-refractivity contribution in [1.82, 2.24) is 5.32 Å². The summed E-state index contributed by atoms with van der Waals surface area (Å²) < 4.78 is 5.50. The van der Waals surface area contributed by atoms with Crippen LogP contribution in [-0.2, 0) is 4.74 Å². The Morgan fingerprint density at radius 1 is 0.882 bits per heavy atom. The fraction of sp³-hybridized carbons (Fsp3) is 1.00. The molecule has 0 atom stereocenters. The molecule has 0 unspecified atom stereocenters. The Hall–Kier alpha value is -0.0800. The molecule has 104 valence electrons. The summed E-state index contributed by atoms with van der Waals surface area (Å²) >= 11 is 0. The van der Waals surface area contributed by atoms with Gasteiger partial charge >= 0.3 is 0 Å². The molecule has 0 aromatic carbocycles. The smallest absolute Gasteiger partial charge is 0.0591 e. The van der Waals surface area contributed by atoms with Crippen molar-refractivity contribution in [2.45, 2.75) is 65.7 Å². The maximum absolute atomic E-state index is 5.50. The third-order valence-electron chi connectivity index (χ3n) is 2.83. The normalized spacial score (nSPS) is 11.3. The summed E-state index contributed by atoms with van der Waals surface area (Å²) in [6.45, 7) is 10.5. The number of unbranched alkanes of at least 4 members (excludes halogenated alkanes) is 6. The summed E-state index contributed by atoms with van der Waals surface area (Å²) in [6, 6.07) is 0. The van der Waals surface area contributed by atoms with E-state index in [2.05, 4.69) is 26.1 Å². The SMILES string of the molecule is CCCCCCCCCNCCOCC(C)C. The third kappa shape index (κ3) is 15.9. The molecule has 17 heavy (non-hydrogen) atoms. The molecule has 0 aliphatic rings. The molecule has 0 amide bonds. The maximum atomic E-state index is 5.50. The van der Waals surface area contributed by atoms with E-state index >= 15 is 0 Å². The lowest BCUT2D eigenvalue weighted by atomic mass is 10.1. The first-order valence-corrected chi connectivity index (χ1v) is 7.55. The van der Waals surface area contributed by atoms with E-state index < -0.39 is 0 Å². The van der Waals surface area contributed by atoms with Crippen molar-refractivity contribution < 1.29 is 4.74 Å². The molecule has 0 fully saturated rings. The van der Waals surface area contributed by atoms with Crippen LogP contribution in [0.4, 0.5) is 0 Å². The van der Waals surface area contributed by atoms with Gasteiger partial charge in [-0.05, 0) is 18.9 Å². The van der Waals surface area contributed by atoms with Crippen LogP contribution in [0.3, 0.4) is 0 Å². The zero-order valence-electron chi connectivity index (χ0n) is 12.3. The van der Waals surface area contributed by atoms with Gasteiger partial charge in [0.25, 0.3) is 0 Å². The molecular formula is C15H33NO. The molecule has 0 aromatic rings. The molecule has 0 aliphatic heterocycles. The van der Waals surface area contributed by atoms with Crippen LogP contribution in [-0.4, -0.2) is 26.3 Å². The molecule has 0 heterocycles. The van der Waals surface area contributed by atoms with Crippen molar-refractivity contribution in [3.63, 3.8) is 0 Å². The minimum atomic E-state index is 0.651. The second-order valence-electron chi connectivity index (χ2n) is 5.34. The Morgan fingerprint density at radius 3 is 2.18 bits per heavy atom. The first-order valence-electron chi connectivity index (χ1n) is 7.55. The van der Waals surface area contributed by atoms with Crippen LogP contribution in [0, 0.1) is 5.92 Å². The van der Waals surface area contributed by atoms with Crippen molar-refractivity contribution in [2.24, 2.45) is 5.92 Å². The van der Waals surface area contributed by atoms with Gasteiger partial charge in [-0.25, -0.2) is 0 Å². The molecular weight excluding hydrogens is 210 g/mol. The predicted octanol–water partition coefficient (Wildman–Crippen LogP) is 4.00. The average Bonchev–Trinajstić information content (AvgIpc) is 2.30. The number of nitrogens with one attached hydrogen (secondary N) is 1. The first-order chi connectivity index (χ1) is 8.27. The van der Waals surface area contributed by atoms with Gasteiger partial charge in [0.1, 0.15) is 0 Å². The average molecular weight is 243 g/mol. The molecule has 0 bridgehead atoms. The summed E-state index contributed by atoms with van der Waals surface area (Å²) in [4.78, 5) is 0. The second kappa shape index (κ2) is 14.0. The van der Waals surface area contributed by atoms with E-state index in [1.807, 2.05) is 0 Å². The van der Waals surface area contributed by atoms with E-state index in [1.54, 1.807) is 0 Å². The lowest BCUT2D eigenvalue weighted by molar-refractivity contribution is 0.112. The Morgan fingerprint density at radius 2 is 1.53 bits per heavy atom. The van der Waals surface area contributed by atoms with Crippen LogP contribution in [0.2, 0.25) is 0 Å². The molecule has 0 radical (unpaired) electrons. The van der Waals surface area contributed by atoms with Gasteiger partial charge in [0.05, 0.1) is 6.61 Å². The van der Waals surface area contributed by atoms with E-state index in [0.717, 1.165) is 26.3 Å². The van der Waals surface area contributed by atoms with Gasteiger partial charge in [0, 0.05) is 13.2 Å². The Kier molecular flexibility index (Phi) is 13.9. The Bertz CT molecular complexity index is 137. The van der Waals surface area contributed by atoms with Crippen LogP contribution in [0.15, 0.2) is 0 Å². The topological polar surface area (TPSA) is 21.3 Å².